The Kier molecular flexibility index (Phi) is 4.51. The van der Waals surface area contributed by atoms with Gasteiger partial charge in [-0.15, -0.1) is 0 Å². The lowest BCUT2D eigenvalue weighted by Crippen LogP contribution is -2.49. The number of rotatable bonds is 3. The molecule has 2 atom stereocenters. The van der Waals surface area contributed by atoms with Crippen LogP contribution in [0.3, 0.4) is 0 Å². The van der Waals surface area contributed by atoms with Crippen LogP contribution in [0.2, 0.25) is 0 Å². The fourth-order valence-electron chi connectivity index (χ4n) is 2.58. The number of carbonyl (C=O) groups excluding carboxylic acids is 1. The van der Waals surface area contributed by atoms with Crippen LogP contribution >= 0.6 is 12.8 Å². The zero-order valence-electron chi connectivity index (χ0n) is 12.2. The largest absolute Gasteiger partial charge is 0.448 e. The van der Waals surface area contributed by atoms with Crippen LogP contribution in [0, 0.1) is 11.3 Å². The second kappa shape index (κ2) is 6.73. The van der Waals surface area contributed by atoms with E-state index in [1.165, 1.54) is 0 Å². The summed E-state index contributed by atoms with van der Waals surface area (Å²) in [6.07, 6.45) is -0.425. The Labute approximate surface area is 139 Å². The Morgan fingerprint density at radius 2 is 1.74 bits per heavy atom. The number of nitrogens with one attached hydrogen (secondary N) is 2. The molecule has 0 saturated carbocycles. The van der Waals surface area contributed by atoms with Crippen LogP contribution < -0.4 is 10.0 Å². The van der Waals surface area contributed by atoms with Crippen molar-refractivity contribution in [3.8, 4) is 17.2 Å². The van der Waals surface area contributed by atoms with Crippen molar-refractivity contribution in [2.24, 2.45) is 0 Å². The SMILES string of the molecule is N#Cc1ccc(-c2ccc(C3NC(=O)OCC3NS)cc2)cc1. The minimum atomic E-state index is -0.425. The Balaban J connectivity index is 1.83. The zero-order chi connectivity index (χ0) is 16.2. The van der Waals surface area contributed by atoms with E-state index >= 15 is 0 Å². The summed E-state index contributed by atoms with van der Waals surface area (Å²) in [5.41, 5.74) is 3.70. The van der Waals surface area contributed by atoms with Crippen molar-refractivity contribution < 1.29 is 9.53 Å². The lowest BCUT2D eigenvalue weighted by Gasteiger charge is -2.31. The van der Waals surface area contributed by atoms with Gasteiger partial charge in [-0.25, -0.2) is 4.79 Å². The molecule has 116 valence electrons. The van der Waals surface area contributed by atoms with Gasteiger partial charge in [-0.3, -0.25) is 4.72 Å². The first-order valence-corrected chi connectivity index (χ1v) is 7.59. The second-order valence-electron chi connectivity index (χ2n) is 5.27. The van der Waals surface area contributed by atoms with Crippen molar-refractivity contribution in [1.82, 2.24) is 10.0 Å². The van der Waals surface area contributed by atoms with E-state index < -0.39 is 6.09 Å². The van der Waals surface area contributed by atoms with E-state index in [2.05, 4.69) is 28.9 Å². The first-order chi connectivity index (χ1) is 11.2. The van der Waals surface area contributed by atoms with Gasteiger partial charge >= 0.3 is 6.09 Å². The Morgan fingerprint density at radius 3 is 2.30 bits per heavy atom. The Morgan fingerprint density at radius 1 is 1.13 bits per heavy atom. The Bertz CT molecular complexity index is 738. The number of ether oxygens (including phenoxy) is 1. The number of amides is 1. The maximum absolute atomic E-state index is 11.4. The molecule has 0 spiro atoms. The standard InChI is InChI=1S/C17H15N3O2S/c18-9-11-1-3-12(4-2-11)13-5-7-14(8-6-13)16-15(20-23)10-22-17(21)19-16/h1-8,15-16,20,23H,10H2,(H,19,21). The van der Waals surface area contributed by atoms with E-state index in [-0.39, 0.29) is 18.7 Å². The molecular formula is C17H15N3O2S. The molecule has 2 unspecified atom stereocenters. The van der Waals surface area contributed by atoms with E-state index in [9.17, 15) is 4.79 Å². The molecule has 3 rings (SSSR count). The van der Waals surface area contributed by atoms with Crippen molar-refractivity contribution in [2.75, 3.05) is 6.61 Å². The summed E-state index contributed by atoms with van der Waals surface area (Å²) >= 11 is 4.09. The molecule has 0 radical (unpaired) electrons. The number of hydrogen-bond acceptors (Lipinski definition) is 5. The van der Waals surface area contributed by atoms with Gasteiger partial charge in [0.1, 0.15) is 6.61 Å². The fourth-order valence-corrected chi connectivity index (χ4v) is 2.80. The van der Waals surface area contributed by atoms with Crippen LogP contribution in [0.15, 0.2) is 48.5 Å². The predicted octanol–water partition coefficient (Wildman–Crippen LogP) is 2.81. The summed E-state index contributed by atoms with van der Waals surface area (Å²) in [4.78, 5) is 11.4. The van der Waals surface area contributed by atoms with Gasteiger partial charge in [-0.2, -0.15) is 5.26 Å². The molecule has 2 aromatic carbocycles. The molecule has 23 heavy (non-hydrogen) atoms. The lowest BCUT2D eigenvalue weighted by molar-refractivity contribution is 0.101. The molecule has 1 amide bonds. The molecule has 0 bridgehead atoms. The van der Waals surface area contributed by atoms with E-state index in [0.717, 1.165) is 16.7 Å². The van der Waals surface area contributed by atoms with Crippen LogP contribution in [0.5, 0.6) is 0 Å². The number of thiol groups is 1. The third kappa shape index (κ3) is 3.31. The van der Waals surface area contributed by atoms with Gasteiger partial charge in [0, 0.05) is 0 Å². The highest BCUT2D eigenvalue weighted by Crippen LogP contribution is 2.25. The summed E-state index contributed by atoms with van der Waals surface area (Å²) in [7, 11) is 0. The summed E-state index contributed by atoms with van der Waals surface area (Å²) in [5, 5.41) is 11.6. The maximum atomic E-state index is 11.4. The van der Waals surface area contributed by atoms with Crippen molar-refractivity contribution in [3.63, 3.8) is 0 Å². The molecule has 1 aliphatic rings. The molecule has 1 fully saturated rings. The molecular weight excluding hydrogens is 310 g/mol. The normalized spacial score (nSPS) is 20.3. The molecule has 1 aliphatic heterocycles. The van der Waals surface area contributed by atoms with E-state index in [4.69, 9.17) is 10.00 Å². The number of nitriles is 1. The van der Waals surface area contributed by atoms with Crippen LogP contribution in [0.25, 0.3) is 11.1 Å². The minimum absolute atomic E-state index is 0.100. The van der Waals surface area contributed by atoms with Gasteiger partial charge in [0.2, 0.25) is 0 Å². The number of hydrogen-bond donors (Lipinski definition) is 3. The fraction of sp³-hybridized carbons (Fsp3) is 0.176. The molecule has 1 saturated heterocycles. The summed E-state index contributed by atoms with van der Waals surface area (Å²) < 4.78 is 7.82. The van der Waals surface area contributed by atoms with E-state index in [1.807, 2.05) is 36.4 Å². The van der Waals surface area contributed by atoms with Crippen LogP contribution in [-0.2, 0) is 4.74 Å². The van der Waals surface area contributed by atoms with Crippen molar-refractivity contribution in [2.45, 2.75) is 12.1 Å². The highest BCUT2D eigenvalue weighted by atomic mass is 32.1. The van der Waals surface area contributed by atoms with Crippen molar-refractivity contribution in [3.05, 3.63) is 59.7 Å². The highest BCUT2D eigenvalue weighted by Gasteiger charge is 2.30. The average molecular weight is 325 g/mol. The zero-order valence-corrected chi connectivity index (χ0v) is 13.1. The van der Waals surface area contributed by atoms with Crippen molar-refractivity contribution in [1.29, 1.82) is 5.26 Å². The minimum Gasteiger partial charge on any atom is -0.448 e. The molecule has 0 aliphatic carbocycles. The van der Waals surface area contributed by atoms with Gasteiger partial charge in [0.15, 0.2) is 0 Å². The topological polar surface area (TPSA) is 74.2 Å². The monoisotopic (exact) mass is 325 g/mol. The van der Waals surface area contributed by atoms with Crippen molar-refractivity contribution >= 4 is 18.9 Å². The second-order valence-corrected chi connectivity index (χ2v) is 5.53. The van der Waals surface area contributed by atoms with E-state index in [0.29, 0.717) is 5.56 Å². The van der Waals surface area contributed by atoms with Gasteiger partial charge in [-0.05, 0) is 28.8 Å². The number of nitrogens with zero attached hydrogens (tertiary/aromatic N) is 1. The van der Waals surface area contributed by atoms with Crippen LogP contribution in [0.1, 0.15) is 17.2 Å². The van der Waals surface area contributed by atoms with Crippen LogP contribution in [-0.4, -0.2) is 18.7 Å². The van der Waals surface area contributed by atoms with Gasteiger partial charge in [0.25, 0.3) is 0 Å². The molecule has 0 aromatic heterocycles. The lowest BCUT2D eigenvalue weighted by atomic mass is 9.96. The van der Waals surface area contributed by atoms with E-state index in [1.54, 1.807) is 12.1 Å². The predicted molar refractivity (Wildman–Crippen MR) is 89.7 cm³/mol. The number of carbonyl (C=O) groups is 1. The summed E-state index contributed by atoms with van der Waals surface area (Å²) in [5.74, 6) is 0. The third-order valence-electron chi connectivity index (χ3n) is 3.85. The Hall–Kier alpha value is -2.49. The number of cyclic esters (lactones) is 1. The average Bonchev–Trinajstić information content (AvgIpc) is 2.62. The maximum Gasteiger partial charge on any atom is 0.407 e. The first-order valence-electron chi connectivity index (χ1n) is 7.14. The molecule has 5 nitrogen and oxygen atoms in total. The molecule has 1 heterocycles. The molecule has 2 N–H and O–H groups in total. The number of alkyl carbamates (subject to hydrolysis) is 1. The molecule has 6 heteroatoms. The van der Waals surface area contributed by atoms with Gasteiger partial charge in [-0.1, -0.05) is 49.2 Å². The highest BCUT2D eigenvalue weighted by molar-refractivity contribution is 7.78. The first kappa shape index (κ1) is 15.4. The quantitative estimate of drug-likeness (QED) is 0.759. The van der Waals surface area contributed by atoms with Gasteiger partial charge < -0.3 is 10.1 Å². The smallest absolute Gasteiger partial charge is 0.407 e. The van der Waals surface area contributed by atoms with Crippen LogP contribution in [0.4, 0.5) is 4.79 Å². The third-order valence-corrected chi connectivity index (χ3v) is 4.18. The summed E-state index contributed by atoms with van der Waals surface area (Å²) in [6, 6.07) is 17.2. The summed E-state index contributed by atoms with van der Waals surface area (Å²) in [6.45, 7) is 0.275. The number of benzene rings is 2. The molecule has 2 aromatic rings. The van der Waals surface area contributed by atoms with Gasteiger partial charge in [0.05, 0.1) is 23.7 Å².